The molecule has 2 aromatic carbocycles. The van der Waals surface area contributed by atoms with Gasteiger partial charge in [-0.25, -0.2) is 0 Å². The number of benzene rings is 2. The Morgan fingerprint density at radius 2 is 1.80 bits per heavy atom. The summed E-state index contributed by atoms with van der Waals surface area (Å²) in [5.74, 6) is 0.324. The minimum Gasteiger partial charge on any atom is -0.508 e. The third kappa shape index (κ3) is 3.14. The van der Waals surface area contributed by atoms with Crippen LogP contribution in [0.2, 0.25) is 5.02 Å². The van der Waals surface area contributed by atoms with Gasteiger partial charge in [-0.1, -0.05) is 29.8 Å². The molecule has 0 spiro atoms. The van der Waals surface area contributed by atoms with Gasteiger partial charge in [0.15, 0.2) is 0 Å². The number of hydrogen-bond acceptors (Lipinski definition) is 2. The topological polar surface area (TPSA) is 32.3 Å². The van der Waals surface area contributed by atoms with Crippen molar-refractivity contribution in [3.05, 3.63) is 64.2 Å². The summed E-state index contributed by atoms with van der Waals surface area (Å²) in [7, 11) is 0. The lowest BCUT2D eigenvalue weighted by Gasteiger charge is -2.11. The lowest BCUT2D eigenvalue weighted by Crippen LogP contribution is -2.31. The van der Waals surface area contributed by atoms with E-state index in [9.17, 15) is 5.11 Å². The minimum absolute atomic E-state index is 0.324. The zero-order valence-corrected chi connectivity index (χ0v) is 12.0. The normalized spacial score (nSPS) is 17.1. The molecule has 0 saturated heterocycles. The fraction of sp³-hybridized carbons (Fsp3) is 0.294. The number of fused-ring (bicyclic) bond motifs is 1. The zero-order valence-electron chi connectivity index (χ0n) is 11.3. The molecule has 2 N–H and O–H groups in total. The molecule has 1 aliphatic carbocycles. The van der Waals surface area contributed by atoms with E-state index >= 15 is 0 Å². The van der Waals surface area contributed by atoms with Gasteiger partial charge >= 0.3 is 0 Å². The van der Waals surface area contributed by atoms with Crippen molar-refractivity contribution in [2.24, 2.45) is 0 Å². The molecule has 2 aromatic rings. The van der Waals surface area contributed by atoms with Crippen LogP contribution < -0.4 is 5.32 Å². The van der Waals surface area contributed by atoms with E-state index in [0.717, 1.165) is 30.8 Å². The first-order chi connectivity index (χ1) is 9.70. The van der Waals surface area contributed by atoms with Crippen LogP contribution in [0.25, 0.3) is 0 Å². The van der Waals surface area contributed by atoms with Gasteiger partial charge in [0.05, 0.1) is 0 Å². The van der Waals surface area contributed by atoms with E-state index in [0.29, 0.717) is 11.8 Å². The molecule has 0 bridgehead atoms. The van der Waals surface area contributed by atoms with Gasteiger partial charge < -0.3 is 10.4 Å². The van der Waals surface area contributed by atoms with E-state index in [1.165, 1.54) is 16.7 Å². The lowest BCUT2D eigenvalue weighted by molar-refractivity contribution is 0.475. The van der Waals surface area contributed by atoms with Crippen molar-refractivity contribution >= 4 is 11.6 Å². The number of phenols is 1. The standard InChI is InChI=1S/C17H18ClNO/c18-15-4-3-13-10-16(11-14(13)9-15)19-8-7-12-1-5-17(20)6-2-12/h1-6,9,16,19-20H,7-8,10-11H2. The van der Waals surface area contributed by atoms with Crippen molar-refractivity contribution in [2.45, 2.75) is 25.3 Å². The van der Waals surface area contributed by atoms with Gasteiger partial charge in [0.1, 0.15) is 5.75 Å². The number of hydrogen-bond donors (Lipinski definition) is 2. The summed E-state index contributed by atoms with van der Waals surface area (Å²) in [6, 6.07) is 14.1. The van der Waals surface area contributed by atoms with Crippen LogP contribution in [0.1, 0.15) is 16.7 Å². The van der Waals surface area contributed by atoms with Gasteiger partial charge in [-0.15, -0.1) is 0 Å². The molecule has 1 unspecified atom stereocenters. The fourth-order valence-electron chi connectivity index (χ4n) is 2.81. The van der Waals surface area contributed by atoms with Crippen LogP contribution in [0.15, 0.2) is 42.5 Å². The maximum Gasteiger partial charge on any atom is 0.115 e. The minimum atomic E-state index is 0.324. The average molecular weight is 288 g/mol. The molecule has 3 rings (SSSR count). The molecule has 0 saturated carbocycles. The number of rotatable bonds is 4. The largest absolute Gasteiger partial charge is 0.508 e. The lowest BCUT2D eigenvalue weighted by atomic mass is 10.1. The molecular formula is C17H18ClNO. The van der Waals surface area contributed by atoms with Crippen molar-refractivity contribution in [1.82, 2.24) is 5.32 Å². The fourth-order valence-corrected chi connectivity index (χ4v) is 3.01. The number of halogens is 1. The van der Waals surface area contributed by atoms with Crippen LogP contribution in [0.4, 0.5) is 0 Å². The highest BCUT2D eigenvalue weighted by atomic mass is 35.5. The summed E-state index contributed by atoms with van der Waals surface area (Å²) in [6.45, 7) is 0.956. The van der Waals surface area contributed by atoms with Gasteiger partial charge in [0.2, 0.25) is 0 Å². The summed E-state index contributed by atoms with van der Waals surface area (Å²) in [6.07, 6.45) is 3.13. The molecule has 2 nitrogen and oxygen atoms in total. The molecule has 0 aromatic heterocycles. The van der Waals surface area contributed by atoms with Crippen LogP contribution >= 0.6 is 11.6 Å². The van der Waals surface area contributed by atoms with Crippen molar-refractivity contribution in [3.63, 3.8) is 0 Å². The van der Waals surface area contributed by atoms with E-state index in [-0.39, 0.29) is 0 Å². The first-order valence-electron chi connectivity index (χ1n) is 6.99. The molecule has 0 heterocycles. The van der Waals surface area contributed by atoms with Crippen LogP contribution in [0.5, 0.6) is 5.75 Å². The Hall–Kier alpha value is -1.51. The quantitative estimate of drug-likeness (QED) is 0.904. The first kappa shape index (κ1) is 13.5. The van der Waals surface area contributed by atoms with E-state index in [1.54, 1.807) is 12.1 Å². The van der Waals surface area contributed by atoms with Crippen LogP contribution in [0, 0.1) is 0 Å². The predicted octanol–water partition coefficient (Wildman–Crippen LogP) is 3.35. The molecule has 3 heteroatoms. The van der Waals surface area contributed by atoms with Crippen LogP contribution in [0.3, 0.4) is 0 Å². The third-order valence-electron chi connectivity index (χ3n) is 3.88. The smallest absolute Gasteiger partial charge is 0.115 e. The van der Waals surface area contributed by atoms with Crippen molar-refractivity contribution in [1.29, 1.82) is 0 Å². The molecule has 0 amide bonds. The predicted molar refractivity (Wildman–Crippen MR) is 82.5 cm³/mol. The van der Waals surface area contributed by atoms with E-state index in [1.807, 2.05) is 18.2 Å². The molecule has 20 heavy (non-hydrogen) atoms. The highest BCUT2D eigenvalue weighted by Crippen LogP contribution is 2.25. The zero-order chi connectivity index (χ0) is 13.9. The summed E-state index contributed by atoms with van der Waals surface area (Å²) in [4.78, 5) is 0. The first-order valence-corrected chi connectivity index (χ1v) is 7.37. The van der Waals surface area contributed by atoms with Crippen LogP contribution in [-0.2, 0) is 19.3 Å². The summed E-state index contributed by atoms with van der Waals surface area (Å²) >= 11 is 6.03. The van der Waals surface area contributed by atoms with Crippen molar-refractivity contribution in [2.75, 3.05) is 6.54 Å². The molecule has 0 radical (unpaired) electrons. The van der Waals surface area contributed by atoms with E-state index in [4.69, 9.17) is 11.6 Å². The second-order valence-corrected chi connectivity index (χ2v) is 5.83. The molecule has 1 atom stereocenters. The van der Waals surface area contributed by atoms with Gasteiger partial charge in [0, 0.05) is 11.1 Å². The monoisotopic (exact) mass is 287 g/mol. The summed E-state index contributed by atoms with van der Waals surface area (Å²) in [5, 5.41) is 13.7. The van der Waals surface area contributed by atoms with Gasteiger partial charge in [0.25, 0.3) is 0 Å². The van der Waals surface area contributed by atoms with E-state index < -0.39 is 0 Å². The Morgan fingerprint density at radius 3 is 2.60 bits per heavy atom. The molecule has 0 fully saturated rings. The molecule has 104 valence electrons. The van der Waals surface area contributed by atoms with Gasteiger partial charge in [-0.2, -0.15) is 0 Å². The molecule has 1 aliphatic rings. The second kappa shape index (κ2) is 5.86. The second-order valence-electron chi connectivity index (χ2n) is 5.39. The molecule has 0 aliphatic heterocycles. The Morgan fingerprint density at radius 1 is 1.05 bits per heavy atom. The number of nitrogens with one attached hydrogen (secondary N) is 1. The maximum absolute atomic E-state index is 9.25. The third-order valence-corrected chi connectivity index (χ3v) is 4.12. The Labute approximate surface area is 124 Å². The Kier molecular flexibility index (Phi) is 3.95. The maximum atomic E-state index is 9.25. The summed E-state index contributed by atoms with van der Waals surface area (Å²) < 4.78 is 0. The molecular weight excluding hydrogens is 270 g/mol. The van der Waals surface area contributed by atoms with Gasteiger partial charge in [-0.05, 0) is 66.8 Å². The highest BCUT2D eigenvalue weighted by Gasteiger charge is 2.20. The van der Waals surface area contributed by atoms with Crippen molar-refractivity contribution in [3.8, 4) is 5.75 Å². The Balaban J connectivity index is 1.50. The van der Waals surface area contributed by atoms with E-state index in [2.05, 4.69) is 17.4 Å². The van der Waals surface area contributed by atoms with Crippen LogP contribution in [-0.4, -0.2) is 17.7 Å². The SMILES string of the molecule is Oc1ccc(CCNC2Cc3ccc(Cl)cc3C2)cc1. The number of phenolic OH excluding ortho intramolecular Hbond substituents is 1. The van der Waals surface area contributed by atoms with Crippen molar-refractivity contribution < 1.29 is 5.11 Å². The Bertz CT molecular complexity index is 594. The number of aromatic hydroxyl groups is 1. The highest BCUT2D eigenvalue weighted by molar-refractivity contribution is 6.30. The summed E-state index contributed by atoms with van der Waals surface area (Å²) in [5.41, 5.74) is 4.03. The average Bonchev–Trinajstić information content (AvgIpc) is 2.83. The van der Waals surface area contributed by atoms with Gasteiger partial charge in [-0.3, -0.25) is 0 Å².